The number of hydrogen-bond donors (Lipinski definition) is 2. The highest BCUT2D eigenvalue weighted by atomic mass is 16.5. The molecule has 106 valence electrons. The molecule has 1 amide bonds. The highest BCUT2D eigenvalue weighted by molar-refractivity contribution is 5.90. The Bertz CT molecular complexity index is 541. The van der Waals surface area contributed by atoms with Crippen molar-refractivity contribution < 1.29 is 9.32 Å². The molecule has 2 heterocycles. The molecule has 0 unspecified atom stereocenters. The van der Waals surface area contributed by atoms with Crippen LogP contribution in [0.25, 0.3) is 0 Å². The predicted octanol–water partition coefficient (Wildman–Crippen LogP) is 0.683. The van der Waals surface area contributed by atoms with E-state index >= 15 is 0 Å². The van der Waals surface area contributed by atoms with E-state index in [1.54, 1.807) is 13.1 Å². The lowest BCUT2D eigenvalue weighted by atomic mass is 10.3. The lowest BCUT2D eigenvalue weighted by Gasteiger charge is -2.05. The molecule has 0 saturated heterocycles. The van der Waals surface area contributed by atoms with E-state index in [1.165, 1.54) is 0 Å². The molecule has 0 aromatic carbocycles. The average Bonchev–Trinajstić information content (AvgIpc) is 2.90. The van der Waals surface area contributed by atoms with E-state index in [-0.39, 0.29) is 11.7 Å². The van der Waals surface area contributed by atoms with Gasteiger partial charge in [0.15, 0.2) is 0 Å². The van der Waals surface area contributed by atoms with E-state index in [0.29, 0.717) is 12.4 Å². The second-order valence-electron chi connectivity index (χ2n) is 4.28. The number of amides is 1. The van der Waals surface area contributed by atoms with Crippen molar-refractivity contribution in [3.8, 4) is 0 Å². The minimum atomic E-state index is -0.311. The monoisotopic (exact) mass is 275 g/mol. The first kappa shape index (κ1) is 14.1. The number of nitrogens with one attached hydrogen (secondary N) is 2. The molecule has 0 aliphatic heterocycles. The zero-order chi connectivity index (χ0) is 14.2. The summed E-state index contributed by atoms with van der Waals surface area (Å²) in [7, 11) is 0. The average molecular weight is 275 g/mol. The van der Waals surface area contributed by atoms with Crippen LogP contribution in [0.4, 0.5) is 0 Å². The van der Waals surface area contributed by atoms with Gasteiger partial charge in [-0.1, -0.05) is 11.2 Å². The minimum Gasteiger partial charge on any atom is -0.349 e. The third-order valence-corrected chi connectivity index (χ3v) is 2.60. The van der Waals surface area contributed by atoms with Crippen molar-refractivity contribution in [2.45, 2.75) is 19.9 Å². The fraction of sp³-hybridized carbons (Fsp3) is 0.385. The molecule has 0 radical (unpaired) electrons. The number of carbonyl (C=O) groups is 1. The van der Waals surface area contributed by atoms with E-state index < -0.39 is 0 Å². The summed E-state index contributed by atoms with van der Waals surface area (Å²) in [6, 6.07) is 3.92. The Kier molecular flexibility index (Phi) is 5.19. The number of pyridine rings is 1. The van der Waals surface area contributed by atoms with E-state index in [9.17, 15) is 4.79 Å². The smallest absolute Gasteiger partial charge is 0.292 e. The molecule has 2 rings (SSSR count). The second kappa shape index (κ2) is 7.34. The van der Waals surface area contributed by atoms with Crippen molar-refractivity contribution in [1.29, 1.82) is 0 Å². The van der Waals surface area contributed by atoms with Crippen LogP contribution in [-0.2, 0) is 6.54 Å². The standard InChI is InChI=1S/C13H17N5O2/c1-10-17-12(18-20-10)13(19)16-7-3-6-15-9-11-4-2-5-14-8-11/h2,4-5,8,15H,3,6-7,9H2,1H3,(H,16,19). The van der Waals surface area contributed by atoms with Gasteiger partial charge in [-0.3, -0.25) is 9.78 Å². The molecule has 0 fully saturated rings. The van der Waals surface area contributed by atoms with Gasteiger partial charge in [-0.25, -0.2) is 0 Å². The molecule has 0 aliphatic rings. The largest absolute Gasteiger partial charge is 0.349 e. The van der Waals surface area contributed by atoms with E-state index in [2.05, 4.69) is 25.8 Å². The molecular formula is C13H17N5O2. The molecule has 2 N–H and O–H groups in total. The lowest BCUT2D eigenvalue weighted by Crippen LogP contribution is -2.28. The number of nitrogens with zero attached hydrogens (tertiary/aromatic N) is 3. The quantitative estimate of drug-likeness (QED) is 0.722. The maximum atomic E-state index is 11.6. The number of aryl methyl sites for hydroxylation is 1. The van der Waals surface area contributed by atoms with Crippen LogP contribution in [-0.4, -0.2) is 34.1 Å². The van der Waals surface area contributed by atoms with Crippen LogP contribution >= 0.6 is 0 Å². The second-order valence-corrected chi connectivity index (χ2v) is 4.28. The summed E-state index contributed by atoms with van der Waals surface area (Å²) in [5, 5.41) is 9.56. The minimum absolute atomic E-state index is 0.0748. The van der Waals surface area contributed by atoms with Crippen LogP contribution in [0, 0.1) is 6.92 Å². The maximum absolute atomic E-state index is 11.6. The van der Waals surface area contributed by atoms with Gasteiger partial charge in [-0.15, -0.1) is 0 Å². The fourth-order valence-electron chi connectivity index (χ4n) is 1.62. The summed E-state index contributed by atoms with van der Waals surface area (Å²) in [5.74, 6) is 0.146. The Hall–Kier alpha value is -2.28. The first-order valence-corrected chi connectivity index (χ1v) is 6.44. The molecule has 2 aromatic heterocycles. The molecule has 7 nitrogen and oxygen atoms in total. The Balaban J connectivity index is 1.57. The fourth-order valence-corrected chi connectivity index (χ4v) is 1.62. The first-order valence-electron chi connectivity index (χ1n) is 6.44. The molecular weight excluding hydrogens is 258 g/mol. The summed E-state index contributed by atoms with van der Waals surface area (Å²) < 4.78 is 4.74. The summed E-state index contributed by atoms with van der Waals surface area (Å²) in [5.41, 5.74) is 1.14. The van der Waals surface area contributed by atoms with Crippen LogP contribution < -0.4 is 10.6 Å². The van der Waals surface area contributed by atoms with Crippen LogP contribution in [0.5, 0.6) is 0 Å². The first-order chi connectivity index (χ1) is 9.75. The molecule has 2 aromatic rings. The Morgan fingerprint density at radius 3 is 3.00 bits per heavy atom. The van der Waals surface area contributed by atoms with Gasteiger partial charge >= 0.3 is 0 Å². The van der Waals surface area contributed by atoms with Gasteiger partial charge in [0.25, 0.3) is 11.7 Å². The molecule has 0 spiro atoms. The lowest BCUT2D eigenvalue weighted by molar-refractivity contribution is 0.0940. The molecule has 20 heavy (non-hydrogen) atoms. The van der Waals surface area contributed by atoms with Crippen LogP contribution in [0.3, 0.4) is 0 Å². The summed E-state index contributed by atoms with van der Waals surface area (Å²) in [6.45, 7) is 3.78. The van der Waals surface area contributed by atoms with Gasteiger partial charge in [0.05, 0.1) is 0 Å². The van der Waals surface area contributed by atoms with Gasteiger partial charge in [-0.2, -0.15) is 4.98 Å². The van der Waals surface area contributed by atoms with Crippen molar-refractivity contribution >= 4 is 5.91 Å². The number of rotatable bonds is 7. The van der Waals surface area contributed by atoms with Crippen LogP contribution in [0.15, 0.2) is 29.0 Å². The van der Waals surface area contributed by atoms with Crippen molar-refractivity contribution in [3.05, 3.63) is 41.8 Å². The van der Waals surface area contributed by atoms with E-state index in [1.807, 2.05) is 18.3 Å². The Morgan fingerprint density at radius 2 is 2.30 bits per heavy atom. The number of hydrogen-bond acceptors (Lipinski definition) is 6. The van der Waals surface area contributed by atoms with Gasteiger partial charge in [0.1, 0.15) is 0 Å². The van der Waals surface area contributed by atoms with Crippen molar-refractivity contribution in [3.63, 3.8) is 0 Å². The molecule has 0 atom stereocenters. The van der Waals surface area contributed by atoms with Crippen molar-refractivity contribution in [2.75, 3.05) is 13.1 Å². The number of aromatic nitrogens is 3. The molecule has 0 saturated carbocycles. The van der Waals surface area contributed by atoms with Gasteiger partial charge in [0.2, 0.25) is 5.89 Å². The topological polar surface area (TPSA) is 92.9 Å². The van der Waals surface area contributed by atoms with Gasteiger partial charge < -0.3 is 15.2 Å². The predicted molar refractivity (Wildman–Crippen MR) is 71.9 cm³/mol. The molecule has 7 heteroatoms. The summed E-state index contributed by atoms with van der Waals surface area (Å²) in [6.07, 6.45) is 4.40. The highest BCUT2D eigenvalue weighted by Gasteiger charge is 2.11. The third kappa shape index (κ3) is 4.43. The summed E-state index contributed by atoms with van der Waals surface area (Å²) in [4.78, 5) is 19.5. The highest BCUT2D eigenvalue weighted by Crippen LogP contribution is 1.95. The van der Waals surface area contributed by atoms with Crippen molar-refractivity contribution in [1.82, 2.24) is 25.8 Å². The number of carbonyl (C=O) groups excluding carboxylic acids is 1. The normalized spacial score (nSPS) is 10.4. The zero-order valence-electron chi connectivity index (χ0n) is 11.3. The third-order valence-electron chi connectivity index (χ3n) is 2.60. The zero-order valence-corrected chi connectivity index (χ0v) is 11.3. The Labute approximate surface area is 116 Å². The maximum Gasteiger partial charge on any atom is 0.292 e. The van der Waals surface area contributed by atoms with E-state index in [4.69, 9.17) is 4.52 Å². The summed E-state index contributed by atoms with van der Waals surface area (Å²) >= 11 is 0. The van der Waals surface area contributed by atoms with E-state index in [0.717, 1.165) is 25.1 Å². The molecule has 0 bridgehead atoms. The van der Waals surface area contributed by atoms with Gasteiger partial charge in [-0.05, 0) is 24.6 Å². The van der Waals surface area contributed by atoms with Crippen molar-refractivity contribution in [2.24, 2.45) is 0 Å². The van der Waals surface area contributed by atoms with Crippen LogP contribution in [0.2, 0.25) is 0 Å². The Morgan fingerprint density at radius 1 is 1.40 bits per heavy atom. The van der Waals surface area contributed by atoms with Gasteiger partial charge in [0, 0.05) is 32.4 Å². The SMILES string of the molecule is Cc1nc(C(=O)NCCCNCc2cccnc2)no1. The molecule has 0 aliphatic carbocycles. The van der Waals surface area contributed by atoms with Crippen LogP contribution in [0.1, 0.15) is 28.5 Å².